The summed E-state index contributed by atoms with van der Waals surface area (Å²) in [4.78, 5) is 0. The van der Waals surface area contributed by atoms with Crippen molar-refractivity contribution in [3.05, 3.63) is 11.3 Å². The van der Waals surface area contributed by atoms with Crippen molar-refractivity contribution in [2.24, 2.45) is 5.41 Å². The third-order valence-electron chi connectivity index (χ3n) is 5.01. The highest BCUT2D eigenvalue weighted by atomic mass is 19.1. The van der Waals surface area contributed by atoms with Crippen molar-refractivity contribution in [3.8, 4) is 0 Å². The summed E-state index contributed by atoms with van der Waals surface area (Å²) >= 11 is 0. The second-order valence-corrected chi connectivity index (χ2v) is 7.70. The van der Waals surface area contributed by atoms with E-state index in [-0.39, 0.29) is 5.73 Å². The standard InChI is InChI=1S/C15H26BFO2/c1-13(2)9-7-11(8-10-13)12(17)16-18-14(3,4)15(5,6)19-16/h7-10H2,1-6H3. The molecule has 0 amide bonds. The van der Waals surface area contributed by atoms with Crippen LogP contribution in [0.3, 0.4) is 0 Å². The first-order valence-corrected chi connectivity index (χ1v) is 7.27. The first kappa shape index (κ1) is 15.1. The summed E-state index contributed by atoms with van der Waals surface area (Å²) in [6.45, 7) is 12.3. The third-order valence-corrected chi connectivity index (χ3v) is 5.01. The molecule has 1 saturated heterocycles. The molecule has 19 heavy (non-hydrogen) atoms. The fraction of sp³-hybridized carbons (Fsp3) is 0.867. The Labute approximate surface area is 116 Å². The highest BCUT2D eigenvalue weighted by Crippen LogP contribution is 2.43. The van der Waals surface area contributed by atoms with Crippen LogP contribution >= 0.6 is 0 Å². The Morgan fingerprint density at radius 3 is 1.79 bits per heavy atom. The summed E-state index contributed by atoms with van der Waals surface area (Å²) in [5.41, 5.74) is 0.0965. The van der Waals surface area contributed by atoms with E-state index in [1.165, 1.54) is 0 Å². The van der Waals surface area contributed by atoms with E-state index in [4.69, 9.17) is 9.31 Å². The van der Waals surface area contributed by atoms with Crippen molar-refractivity contribution < 1.29 is 13.7 Å². The average Bonchev–Trinajstić information content (AvgIpc) is 2.47. The van der Waals surface area contributed by atoms with E-state index in [2.05, 4.69) is 13.8 Å². The molecule has 0 atom stereocenters. The summed E-state index contributed by atoms with van der Waals surface area (Å²) in [6, 6.07) is 0. The van der Waals surface area contributed by atoms with Crippen LogP contribution in [-0.4, -0.2) is 18.3 Å². The maximum atomic E-state index is 14.6. The van der Waals surface area contributed by atoms with Gasteiger partial charge in [0.2, 0.25) is 0 Å². The average molecular weight is 268 g/mol. The molecule has 2 fully saturated rings. The first-order chi connectivity index (χ1) is 8.54. The van der Waals surface area contributed by atoms with Gasteiger partial charge in [-0.3, -0.25) is 0 Å². The zero-order valence-corrected chi connectivity index (χ0v) is 13.1. The molecule has 2 rings (SSSR count). The molecule has 4 heteroatoms. The number of halogens is 1. The fourth-order valence-electron chi connectivity index (χ4n) is 2.58. The molecule has 2 nitrogen and oxygen atoms in total. The minimum atomic E-state index is -0.818. The number of rotatable bonds is 1. The van der Waals surface area contributed by atoms with E-state index in [9.17, 15) is 4.39 Å². The van der Waals surface area contributed by atoms with Crippen LogP contribution in [0.15, 0.2) is 11.3 Å². The minimum absolute atomic E-state index is 0.186. The topological polar surface area (TPSA) is 18.5 Å². The summed E-state index contributed by atoms with van der Waals surface area (Å²) < 4.78 is 26.1. The van der Waals surface area contributed by atoms with Crippen molar-refractivity contribution in [3.63, 3.8) is 0 Å². The molecule has 0 bridgehead atoms. The molecule has 0 aromatic heterocycles. The Morgan fingerprint density at radius 2 is 1.37 bits per heavy atom. The lowest BCUT2D eigenvalue weighted by Gasteiger charge is -2.32. The molecule has 1 heterocycles. The SMILES string of the molecule is CC1(C)CCC(=C(F)B2OC(C)(C)C(C)(C)O2)CC1. The molecule has 0 radical (unpaired) electrons. The van der Waals surface area contributed by atoms with Gasteiger partial charge in [-0.2, -0.15) is 0 Å². The van der Waals surface area contributed by atoms with Gasteiger partial charge in [-0.05, 0) is 64.4 Å². The monoisotopic (exact) mass is 268 g/mol. The van der Waals surface area contributed by atoms with Crippen molar-refractivity contribution in [2.45, 2.75) is 78.4 Å². The Bertz CT molecular complexity index is 371. The summed E-state index contributed by atoms with van der Waals surface area (Å²) in [5.74, 6) is 0. The van der Waals surface area contributed by atoms with Crippen molar-refractivity contribution in [1.29, 1.82) is 0 Å². The van der Waals surface area contributed by atoms with Gasteiger partial charge < -0.3 is 9.31 Å². The van der Waals surface area contributed by atoms with E-state index in [1.54, 1.807) is 0 Å². The minimum Gasteiger partial charge on any atom is -0.398 e. The van der Waals surface area contributed by atoms with E-state index >= 15 is 0 Å². The maximum Gasteiger partial charge on any atom is 0.525 e. The van der Waals surface area contributed by atoms with E-state index in [0.29, 0.717) is 5.41 Å². The summed E-state index contributed by atoms with van der Waals surface area (Å²) in [6.07, 6.45) is 3.72. The molecular weight excluding hydrogens is 242 g/mol. The molecule has 2 aliphatic rings. The van der Waals surface area contributed by atoms with Crippen LogP contribution in [0.1, 0.15) is 67.2 Å². The lowest BCUT2D eigenvalue weighted by atomic mass is 9.72. The van der Waals surface area contributed by atoms with Crippen LogP contribution < -0.4 is 0 Å². The van der Waals surface area contributed by atoms with Crippen LogP contribution in [0, 0.1) is 5.41 Å². The summed E-state index contributed by atoms with van der Waals surface area (Å²) in [5, 5.41) is 0. The number of hydrogen-bond acceptors (Lipinski definition) is 2. The maximum absolute atomic E-state index is 14.6. The van der Waals surface area contributed by atoms with Crippen LogP contribution in [0.25, 0.3) is 0 Å². The smallest absolute Gasteiger partial charge is 0.398 e. The zero-order valence-electron chi connectivity index (χ0n) is 13.1. The van der Waals surface area contributed by atoms with E-state index < -0.39 is 18.3 Å². The van der Waals surface area contributed by atoms with Gasteiger partial charge in [0, 0.05) is 0 Å². The van der Waals surface area contributed by atoms with Gasteiger partial charge in [0.05, 0.1) is 11.2 Å². The van der Waals surface area contributed by atoms with Gasteiger partial charge in [-0.15, -0.1) is 0 Å². The number of allylic oxidation sites excluding steroid dienone is 1. The van der Waals surface area contributed by atoms with Crippen LogP contribution in [-0.2, 0) is 9.31 Å². The fourth-order valence-corrected chi connectivity index (χ4v) is 2.58. The van der Waals surface area contributed by atoms with E-state index in [1.807, 2.05) is 27.7 Å². The molecule has 0 spiro atoms. The molecule has 0 aromatic rings. The van der Waals surface area contributed by atoms with Crippen molar-refractivity contribution >= 4 is 7.12 Å². The molecule has 0 aromatic carbocycles. The lowest BCUT2D eigenvalue weighted by molar-refractivity contribution is 0.00578. The van der Waals surface area contributed by atoms with Crippen LogP contribution in [0.2, 0.25) is 0 Å². The number of hydrogen-bond donors (Lipinski definition) is 0. The van der Waals surface area contributed by atoms with Crippen LogP contribution in [0.4, 0.5) is 4.39 Å². The Balaban J connectivity index is 2.12. The van der Waals surface area contributed by atoms with Crippen molar-refractivity contribution in [1.82, 2.24) is 0 Å². The quantitative estimate of drug-likeness (QED) is 0.654. The highest BCUT2D eigenvalue weighted by molar-refractivity contribution is 6.53. The van der Waals surface area contributed by atoms with Gasteiger partial charge in [0.15, 0.2) is 0 Å². The van der Waals surface area contributed by atoms with E-state index in [0.717, 1.165) is 31.3 Å². The predicted molar refractivity (Wildman–Crippen MR) is 76.5 cm³/mol. The zero-order chi connectivity index (χ0) is 14.5. The van der Waals surface area contributed by atoms with Gasteiger partial charge >= 0.3 is 7.12 Å². The van der Waals surface area contributed by atoms with Gasteiger partial charge in [0.1, 0.15) is 5.73 Å². The van der Waals surface area contributed by atoms with Crippen molar-refractivity contribution in [2.75, 3.05) is 0 Å². The lowest BCUT2D eigenvalue weighted by Crippen LogP contribution is -2.41. The molecule has 0 unspecified atom stereocenters. The van der Waals surface area contributed by atoms with Gasteiger partial charge in [-0.1, -0.05) is 13.8 Å². The largest absolute Gasteiger partial charge is 0.525 e. The second kappa shape index (κ2) is 4.59. The Kier molecular flexibility index (Phi) is 3.64. The van der Waals surface area contributed by atoms with Gasteiger partial charge in [0.25, 0.3) is 0 Å². The predicted octanol–water partition coefficient (Wildman–Crippen LogP) is 4.44. The molecule has 108 valence electrons. The molecular formula is C15H26BFO2. The molecule has 0 N–H and O–H groups in total. The Morgan fingerprint density at radius 1 is 0.947 bits per heavy atom. The first-order valence-electron chi connectivity index (χ1n) is 7.27. The Hall–Kier alpha value is -0.345. The second-order valence-electron chi connectivity index (χ2n) is 7.70. The summed E-state index contributed by atoms with van der Waals surface area (Å²) in [7, 11) is -0.818. The third kappa shape index (κ3) is 2.90. The molecule has 1 saturated carbocycles. The van der Waals surface area contributed by atoms with Gasteiger partial charge in [-0.25, -0.2) is 4.39 Å². The highest BCUT2D eigenvalue weighted by Gasteiger charge is 2.53. The van der Waals surface area contributed by atoms with Crippen LogP contribution in [0.5, 0.6) is 0 Å². The normalized spacial score (nSPS) is 28.6. The molecule has 1 aliphatic carbocycles. The molecule has 1 aliphatic heterocycles.